The number of carbonyl (C=O) groups excluding carboxylic acids is 1. The van der Waals surface area contributed by atoms with E-state index in [1.54, 1.807) is 25.1 Å². The molecule has 0 aliphatic rings. The molecule has 0 radical (unpaired) electrons. The van der Waals surface area contributed by atoms with Crippen LogP contribution in [0.5, 0.6) is 0 Å². The molecule has 1 aromatic rings. The van der Waals surface area contributed by atoms with E-state index in [0.717, 1.165) is 4.47 Å². The average Bonchev–Trinajstić information content (AvgIpc) is 2.15. The SMILES string of the molecule is CC(C#N)C(=O)c1ccc(Br)cc1Cl. The van der Waals surface area contributed by atoms with E-state index in [0.29, 0.717) is 10.6 Å². The number of halogens is 2. The van der Waals surface area contributed by atoms with E-state index in [9.17, 15) is 4.79 Å². The Labute approximate surface area is 95.6 Å². The zero-order valence-electron chi connectivity index (χ0n) is 7.42. The summed E-state index contributed by atoms with van der Waals surface area (Å²) in [6.45, 7) is 1.56. The van der Waals surface area contributed by atoms with E-state index >= 15 is 0 Å². The van der Waals surface area contributed by atoms with Crippen LogP contribution in [0.25, 0.3) is 0 Å². The Morgan fingerprint density at radius 1 is 1.64 bits per heavy atom. The van der Waals surface area contributed by atoms with Crippen LogP contribution in [0.1, 0.15) is 17.3 Å². The summed E-state index contributed by atoms with van der Waals surface area (Å²) in [5.74, 6) is -0.904. The summed E-state index contributed by atoms with van der Waals surface area (Å²) in [6.07, 6.45) is 0. The second-order valence-electron chi connectivity index (χ2n) is 2.84. The van der Waals surface area contributed by atoms with Gasteiger partial charge >= 0.3 is 0 Å². The summed E-state index contributed by atoms with van der Waals surface area (Å²) in [5.41, 5.74) is 0.393. The maximum atomic E-state index is 11.6. The predicted octanol–water partition coefficient (Wildman–Crippen LogP) is 3.44. The lowest BCUT2D eigenvalue weighted by Gasteiger charge is -2.04. The highest BCUT2D eigenvalue weighted by atomic mass is 79.9. The topological polar surface area (TPSA) is 40.9 Å². The van der Waals surface area contributed by atoms with Crippen molar-refractivity contribution in [3.63, 3.8) is 0 Å². The number of hydrogen-bond acceptors (Lipinski definition) is 2. The van der Waals surface area contributed by atoms with Crippen molar-refractivity contribution in [3.8, 4) is 6.07 Å². The zero-order valence-corrected chi connectivity index (χ0v) is 9.76. The van der Waals surface area contributed by atoms with Crippen LogP contribution in [0.3, 0.4) is 0 Å². The largest absolute Gasteiger partial charge is 0.293 e. The molecule has 0 saturated carbocycles. The van der Waals surface area contributed by atoms with Crippen LogP contribution in [0.15, 0.2) is 22.7 Å². The molecule has 1 unspecified atom stereocenters. The quantitative estimate of drug-likeness (QED) is 0.774. The molecule has 1 rings (SSSR count). The van der Waals surface area contributed by atoms with E-state index in [4.69, 9.17) is 16.9 Å². The van der Waals surface area contributed by atoms with Gasteiger partial charge in [-0.15, -0.1) is 0 Å². The van der Waals surface area contributed by atoms with E-state index < -0.39 is 5.92 Å². The smallest absolute Gasteiger partial charge is 0.181 e. The van der Waals surface area contributed by atoms with Crippen molar-refractivity contribution in [2.24, 2.45) is 5.92 Å². The zero-order chi connectivity index (χ0) is 10.7. The fraction of sp³-hybridized carbons (Fsp3) is 0.200. The maximum absolute atomic E-state index is 11.6. The molecule has 0 saturated heterocycles. The van der Waals surface area contributed by atoms with E-state index in [-0.39, 0.29) is 5.78 Å². The highest BCUT2D eigenvalue weighted by molar-refractivity contribution is 9.10. The standard InChI is InChI=1S/C10H7BrClNO/c1-6(5-13)10(14)8-3-2-7(11)4-9(8)12/h2-4,6H,1H3. The highest BCUT2D eigenvalue weighted by Crippen LogP contribution is 2.23. The van der Waals surface area contributed by atoms with Crippen molar-refractivity contribution in [3.05, 3.63) is 33.3 Å². The minimum atomic E-state index is -0.659. The van der Waals surface area contributed by atoms with Crippen LogP contribution in [-0.2, 0) is 0 Å². The number of nitrogens with zero attached hydrogens (tertiary/aromatic N) is 1. The van der Waals surface area contributed by atoms with Gasteiger partial charge in [-0.1, -0.05) is 27.5 Å². The number of carbonyl (C=O) groups is 1. The van der Waals surface area contributed by atoms with Gasteiger partial charge in [0.15, 0.2) is 5.78 Å². The number of ketones is 1. The van der Waals surface area contributed by atoms with Gasteiger partial charge in [-0.2, -0.15) is 5.26 Å². The molecule has 0 bridgehead atoms. The van der Waals surface area contributed by atoms with Crippen LogP contribution in [0.4, 0.5) is 0 Å². The molecule has 72 valence electrons. The Kier molecular flexibility index (Phi) is 3.68. The third-order valence-electron chi connectivity index (χ3n) is 1.78. The maximum Gasteiger partial charge on any atom is 0.181 e. The third-order valence-corrected chi connectivity index (χ3v) is 2.59. The second kappa shape index (κ2) is 4.59. The molecule has 1 aromatic carbocycles. The number of Topliss-reactive ketones (excluding diaryl/α,β-unsaturated/α-hetero) is 1. The summed E-state index contributed by atoms with van der Waals surface area (Å²) in [5, 5.41) is 8.96. The van der Waals surface area contributed by atoms with Crippen molar-refractivity contribution < 1.29 is 4.79 Å². The average molecular weight is 273 g/mol. The lowest BCUT2D eigenvalue weighted by Crippen LogP contribution is -2.09. The van der Waals surface area contributed by atoms with Crippen LogP contribution in [0, 0.1) is 17.2 Å². The van der Waals surface area contributed by atoms with Crippen molar-refractivity contribution in [1.82, 2.24) is 0 Å². The fourth-order valence-corrected chi connectivity index (χ4v) is 1.75. The molecule has 0 aromatic heterocycles. The lowest BCUT2D eigenvalue weighted by atomic mass is 10.0. The minimum absolute atomic E-state index is 0.245. The van der Waals surface area contributed by atoms with E-state index in [1.807, 2.05) is 6.07 Å². The highest BCUT2D eigenvalue weighted by Gasteiger charge is 2.17. The summed E-state index contributed by atoms with van der Waals surface area (Å²) < 4.78 is 0.809. The normalized spacial score (nSPS) is 11.9. The molecule has 4 heteroatoms. The number of rotatable bonds is 2. The molecule has 0 heterocycles. The van der Waals surface area contributed by atoms with Gasteiger partial charge in [-0.05, 0) is 25.1 Å². The number of benzene rings is 1. The van der Waals surface area contributed by atoms with Gasteiger partial charge in [0, 0.05) is 10.0 Å². The third kappa shape index (κ3) is 2.34. The molecule has 0 N–H and O–H groups in total. The summed E-state index contributed by atoms with van der Waals surface area (Å²) >= 11 is 9.10. The van der Waals surface area contributed by atoms with Gasteiger partial charge < -0.3 is 0 Å². The van der Waals surface area contributed by atoms with Crippen molar-refractivity contribution in [2.45, 2.75) is 6.92 Å². The molecule has 0 aliphatic carbocycles. The first-order valence-electron chi connectivity index (χ1n) is 3.95. The van der Waals surface area contributed by atoms with Gasteiger partial charge in [0.25, 0.3) is 0 Å². The van der Waals surface area contributed by atoms with Crippen LogP contribution in [0.2, 0.25) is 5.02 Å². The first kappa shape index (κ1) is 11.2. The lowest BCUT2D eigenvalue weighted by molar-refractivity contribution is 0.0956. The second-order valence-corrected chi connectivity index (χ2v) is 4.16. The Bertz CT molecular complexity index is 411. The monoisotopic (exact) mass is 271 g/mol. The molecule has 0 fully saturated rings. The first-order chi connectivity index (χ1) is 6.56. The Hall–Kier alpha value is -0.850. The molecular weight excluding hydrogens is 265 g/mol. The first-order valence-corrected chi connectivity index (χ1v) is 5.12. The number of nitriles is 1. The molecular formula is C10H7BrClNO. The molecule has 0 spiro atoms. The van der Waals surface area contributed by atoms with Gasteiger partial charge in [0.1, 0.15) is 5.92 Å². The van der Waals surface area contributed by atoms with Gasteiger partial charge in [0.05, 0.1) is 11.1 Å². The van der Waals surface area contributed by atoms with Crippen LogP contribution in [-0.4, -0.2) is 5.78 Å². The van der Waals surface area contributed by atoms with Crippen molar-refractivity contribution >= 4 is 33.3 Å². The van der Waals surface area contributed by atoms with Crippen molar-refractivity contribution in [2.75, 3.05) is 0 Å². The summed E-state index contributed by atoms with van der Waals surface area (Å²) in [7, 11) is 0. The van der Waals surface area contributed by atoms with Crippen LogP contribution < -0.4 is 0 Å². The van der Waals surface area contributed by atoms with Crippen molar-refractivity contribution in [1.29, 1.82) is 5.26 Å². The van der Waals surface area contributed by atoms with E-state index in [1.165, 1.54) is 0 Å². The molecule has 1 atom stereocenters. The predicted molar refractivity (Wildman–Crippen MR) is 58.3 cm³/mol. The molecule has 0 amide bonds. The van der Waals surface area contributed by atoms with E-state index in [2.05, 4.69) is 15.9 Å². The van der Waals surface area contributed by atoms with Gasteiger partial charge in [-0.3, -0.25) is 4.79 Å². The van der Waals surface area contributed by atoms with Crippen LogP contribution >= 0.6 is 27.5 Å². The molecule has 0 aliphatic heterocycles. The molecule has 2 nitrogen and oxygen atoms in total. The fourth-order valence-electron chi connectivity index (χ4n) is 0.981. The Balaban J connectivity index is 3.09. The summed E-state index contributed by atoms with van der Waals surface area (Å²) in [4.78, 5) is 11.6. The Morgan fingerprint density at radius 2 is 2.29 bits per heavy atom. The number of hydrogen-bond donors (Lipinski definition) is 0. The Morgan fingerprint density at radius 3 is 2.79 bits per heavy atom. The molecule has 14 heavy (non-hydrogen) atoms. The minimum Gasteiger partial charge on any atom is -0.293 e. The van der Waals surface area contributed by atoms with Gasteiger partial charge in [-0.25, -0.2) is 0 Å². The summed E-state index contributed by atoms with van der Waals surface area (Å²) in [6, 6.07) is 6.86. The van der Waals surface area contributed by atoms with Gasteiger partial charge in [0.2, 0.25) is 0 Å².